The normalized spacial score (nSPS) is 14.0. The molecule has 0 aliphatic carbocycles. The average Bonchev–Trinajstić information content (AvgIpc) is 2.78. The highest BCUT2D eigenvalue weighted by molar-refractivity contribution is 5.92. The number of nitrogens with one attached hydrogen (secondary N) is 1. The number of amides is 1. The number of aromatic nitrogens is 5. The highest BCUT2D eigenvalue weighted by Gasteiger charge is 2.24. The van der Waals surface area contributed by atoms with Crippen LogP contribution in [0, 0.1) is 6.92 Å². The number of carbonyl (C=O) groups is 1. The van der Waals surface area contributed by atoms with Crippen LogP contribution in [0.4, 0.5) is 11.9 Å². The van der Waals surface area contributed by atoms with E-state index in [1.54, 1.807) is 36.9 Å². The fraction of sp³-hybridized carbons (Fsp3) is 0.300. The maximum absolute atomic E-state index is 13.0. The molecule has 29 heavy (non-hydrogen) atoms. The Balaban J connectivity index is 1.40. The third-order valence-corrected chi connectivity index (χ3v) is 4.65. The minimum atomic E-state index is -0.0893. The first-order valence-corrected chi connectivity index (χ1v) is 9.49. The Morgan fingerprint density at radius 1 is 1.07 bits per heavy atom. The zero-order valence-corrected chi connectivity index (χ0v) is 16.2. The average molecular weight is 390 g/mol. The highest BCUT2D eigenvalue weighted by Crippen LogP contribution is 2.14. The zero-order valence-electron chi connectivity index (χ0n) is 16.2. The summed E-state index contributed by atoms with van der Waals surface area (Å²) in [4.78, 5) is 38.3. The molecule has 1 aliphatic heterocycles. The van der Waals surface area contributed by atoms with Crippen LogP contribution in [0.15, 0.2) is 49.1 Å². The number of anilines is 2. The van der Waals surface area contributed by atoms with Gasteiger partial charge in [0.05, 0.1) is 0 Å². The number of carbonyl (C=O) groups excluding carboxylic acids is 1. The Morgan fingerprint density at radius 2 is 1.86 bits per heavy atom. The molecule has 1 saturated heterocycles. The number of aryl methyl sites for hydroxylation is 1. The molecule has 1 aliphatic rings. The lowest BCUT2D eigenvalue weighted by Gasteiger charge is -2.34. The summed E-state index contributed by atoms with van der Waals surface area (Å²) < 4.78 is 0. The van der Waals surface area contributed by atoms with E-state index in [1.165, 1.54) is 0 Å². The van der Waals surface area contributed by atoms with E-state index in [2.05, 4.69) is 35.1 Å². The molecular formula is C20H22N8O. The van der Waals surface area contributed by atoms with Crippen molar-refractivity contribution in [3.05, 3.63) is 66.0 Å². The predicted octanol–water partition coefficient (Wildman–Crippen LogP) is 1.54. The molecule has 1 fully saturated rings. The number of hydrogen-bond donors (Lipinski definition) is 1. The van der Waals surface area contributed by atoms with Gasteiger partial charge in [-0.15, -0.1) is 0 Å². The Hall–Kier alpha value is -3.62. The number of nitrogens with zero attached hydrogens (tertiary/aromatic N) is 7. The van der Waals surface area contributed by atoms with E-state index in [0.29, 0.717) is 50.3 Å². The topological polar surface area (TPSA) is 100 Å². The number of pyridine rings is 1. The molecule has 9 heteroatoms. The molecule has 0 unspecified atom stereocenters. The lowest BCUT2D eigenvalue weighted by Crippen LogP contribution is -2.49. The van der Waals surface area contributed by atoms with Gasteiger partial charge in [0, 0.05) is 63.2 Å². The van der Waals surface area contributed by atoms with Crippen LogP contribution in [0.1, 0.15) is 21.7 Å². The molecule has 1 amide bonds. The van der Waals surface area contributed by atoms with Crippen molar-refractivity contribution in [1.82, 2.24) is 29.8 Å². The Kier molecular flexibility index (Phi) is 5.55. The van der Waals surface area contributed by atoms with Crippen molar-refractivity contribution in [2.75, 3.05) is 36.4 Å². The molecule has 4 heterocycles. The van der Waals surface area contributed by atoms with Gasteiger partial charge in [-0.25, -0.2) is 19.9 Å². The molecule has 1 N–H and O–H groups in total. The highest BCUT2D eigenvalue weighted by atomic mass is 16.2. The molecule has 148 valence electrons. The summed E-state index contributed by atoms with van der Waals surface area (Å²) >= 11 is 0. The van der Waals surface area contributed by atoms with Gasteiger partial charge in [-0.3, -0.25) is 9.78 Å². The van der Waals surface area contributed by atoms with Crippen LogP contribution in [-0.4, -0.2) is 61.9 Å². The summed E-state index contributed by atoms with van der Waals surface area (Å²) in [5.74, 6) is 1.04. The second-order valence-electron chi connectivity index (χ2n) is 6.76. The Bertz CT molecular complexity index is 959. The van der Waals surface area contributed by atoms with Crippen molar-refractivity contribution < 1.29 is 4.79 Å². The number of hydrogen-bond acceptors (Lipinski definition) is 8. The van der Waals surface area contributed by atoms with Gasteiger partial charge < -0.3 is 15.1 Å². The van der Waals surface area contributed by atoms with E-state index in [0.717, 1.165) is 11.3 Å². The molecule has 4 rings (SSSR count). The van der Waals surface area contributed by atoms with Crippen LogP contribution in [0.25, 0.3) is 0 Å². The van der Waals surface area contributed by atoms with Crippen LogP contribution in [-0.2, 0) is 6.54 Å². The van der Waals surface area contributed by atoms with Gasteiger partial charge in [0.2, 0.25) is 11.9 Å². The minimum absolute atomic E-state index is 0.0893. The minimum Gasteiger partial charge on any atom is -0.350 e. The first-order valence-electron chi connectivity index (χ1n) is 9.49. The van der Waals surface area contributed by atoms with Gasteiger partial charge in [0.15, 0.2) is 0 Å². The molecule has 0 atom stereocenters. The van der Waals surface area contributed by atoms with Crippen molar-refractivity contribution in [2.24, 2.45) is 0 Å². The molecule has 9 nitrogen and oxygen atoms in total. The van der Waals surface area contributed by atoms with Crippen LogP contribution >= 0.6 is 0 Å². The van der Waals surface area contributed by atoms with Crippen LogP contribution in [0.5, 0.6) is 0 Å². The van der Waals surface area contributed by atoms with Crippen LogP contribution in [0.3, 0.4) is 0 Å². The van der Waals surface area contributed by atoms with Gasteiger partial charge in [0.1, 0.15) is 5.69 Å². The lowest BCUT2D eigenvalue weighted by atomic mass is 10.2. The van der Waals surface area contributed by atoms with Crippen molar-refractivity contribution in [2.45, 2.75) is 13.5 Å². The standard InChI is InChI=1S/C20H22N8O/c1-15-12-17(26-19(25-15)24-14-16-4-2-5-21-13-16)18(29)27-8-10-28(11-9-27)20-22-6-3-7-23-20/h2-7,12-13H,8-11,14H2,1H3,(H,24,25,26). The van der Waals surface area contributed by atoms with Crippen LogP contribution in [0.2, 0.25) is 0 Å². The fourth-order valence-corrected chi connectivity index (χ4v) is 3.17. The van der Waals surface area contributed by atoms with E-state index in [9.17, 15) is 4.79 Å². The summed E-state index contributed by atoms with van der Waals surface area (Å²) in [5.41, 5.74) is 2.16. The summed E-state index contributed by atoms with van der Waals surface area (Å²) in [6.07, 6.45) is 6.96. The van der Waals surface area contributed by atoms with Gasteiger partial charge in [-0.05, 0) is 30.7 Å². The molecule has 0 radical (unpaired) electrons. The van der Waals surface area contributed by atoms with Crippen LogP contribution < -0.4 is 10.2 Å². The first-order chi connectivity index (χ1) is 14.2. The van der Waals surface area contributed by atoms with Crippen molar-refractivity contribution in [3.8, 4) is 0 Å². The van der Waals surface area contributed by atoms with E-state index in [4.69, 9.17) is 0 Å². The molecule has 0 aromatic carbocycles. The molecular weight excluding hydrogens is 368 g/mol. The molecule has 0 saturated carbocycles. The van der Waals surface area contributed by atoms with E-state index < -0.39 is 0 Å². The predicted molar refractivity (Wildman–Crippen MR) is 108 cm³/mol. The summed E-state index contributed by atoms with van der Waals surface area (Å²) in [7, 11) is 0. The van der Waals surface area contributed by atoms with E-state index in [1.807, 2.05) is 24.0 Å². The molecule has 0 bridgehead atoms. The monoisotopic (exact) mass is 390 g/mol. The second kappa shape index (κ2) is 8.59. The third kappa shape index (κ3) is 4.63. The maximum atomic E-state index is 13.0. The fourth-order valence-electron chi connectivity index (χ4n) is 3.17. The van der Waals surface area contributed by atoms with Crippen molar-refractivity contribution in [3.63, 3.8) is 0 Å². The largest absolute Gasteiger partial charge is 0.350 e. The zero-order chi connectivity index (χ0) is 20.1. The SMILES string of the molecule is Cc1cc(C(=O)N2CCN(c3ncccn3)CC2)nc(NCc2cccnc2)n1. The first kappa shape index (κ1) is 18.7. The van der Waals surface area contributed by atoms with Crippen molar-refractivity contribution >= 4 is 17.8 Å². The number of piperazine rings is 1. The van der Waals surface area contributed by atoms with E-state index in [-0.39, 0.29) is 5.91 Å². The van der Waals surface area contributed by atoms with Gasteiger partial charge >= 0.3 is 0 Å². The quantitative estimate of drug-likeness (QED) is 0.700. The summed E-state index contributed by atoms with van der Waals surface area (Å²) in [6.45, 7) is 4.97. The van der Waals surface area contributed by atoms with Gasteiger partial charge in [-0.2, -0.15) is 0 Å². The molecule has 3 aromatic rings. The van der Waals surface area contributed by atoms with Gasteiger partial charge in [0.25, 0.3) is 5.91 Å². The smallest absolute Gasteiger partial charge is 0.272 e. The maximum Gasteiger partial charge on any atom is 0.272 e. The van der Waals surface area contributed by atoms with Gasteiger partial charge in [-0.1, -0.05) is 6.07 Å². The second-order valence-corrected chi connectivity index (χ2v) is 6.76. The Labute approximate surface area is 168 Å². The number of rotatable bonds is 5. The Morgan fingerprint density at radius 3 is 2.59 bits per heavy atom. The summed E-state index contributed by atoms with van der Waals surface area (Å²) in [5, 5.41) is 3.17. The molecule has 3 aromatic heterocycles. The summed E-state index contributed by atoms with van der Waals surface area (Å²) in [6, 6.07) is 7.37. The lowest BCUT2D eigenvalue weighted by molar-refractivity contribution is 0.0740. The molecule has 0 spiro atoms. The third-order valence-electron chi connectivity index (χ3n) is 4.65. The van der Waals surface area contributed by atoms with E-state index >= 15 is 0 Å². The van der Waals surface area contributed by atoms with Crippen molar-refractivity contribution in [1.29, 1.82) is 0 Å².